The van der Waals surface area contributed by atoms with Crippen LogP contribution in [0.25, 0.3) is 0 Å². The monoisotopic (exact) mass is 188 g/mol. The molecular formula is C11H21Cl. The molecule has 0 spiro atoms. The van der Waals surface area contributed by atoms with Crippen molar-refractivity contribution in [1.82, 2.24) is 0 Å². The quantitative estimate of drug-likeness (QED) is 0.447. The van der Waals surface area contributed by atoms with Crippen LogP contribution in [0, 0.1) is 10.8 Å². The molecule has 1 heteroatoms. The van der Waals surface area contributed by atoms with Crippen molar-refractivity contribution < 1.29 is 0 Å². The molecule has 0 fully saturated rings. The van der Waals surface area contributed by atoms with Gasteiger partial charge in [-0.1, -0.05) is 40.2 Å². The predicted molar refractivity (Wildman–Crippen MR) is 57.7 cm³/mol. The summed E-state index contributed by atoms with van der Waals surface area (Å²) in [5.41, 5.74) is 0.471. The smallest absolute Gasteiger partial charge is 0.0312 e. The van der Waals surface area contributed by atoms with Gasteiger partial charge in [0.1, 0.15) is 0 Å². The van der Waals surface area contributed by atoms with Gasteiger partial charge < -0.3 is 0 Å². The number of halogens is 1. The van der Waals surface area contributed by atoms with Crippen molar-refractivity contribution in [2.75, 3.05) is 5.88 Å². The van der Waals surface area contributed by atoms with Gasteiger partial charge in [-0.05, 0) is 17.3 Å². The first kappa shape index (κ1) is 12.0. The number of hydrogen-bond acceptors (Lipinski definition) is 0. The van der Waals surface area contributed by atoms with Crippen LogP contribution in [0.1, 0.15) is 40.5 Å². The highest BCUT2D eigenvalue weighted by molar-refractivity contribution is 6.18. The van der Waals surface area contributed by atoms with E-state index in [0.29, 0.717) is 11.3 Å². The average molecular weight is 189 g/mol. The summed E-state index contributed by atoms with van der Waals surface area (Å²) in [6, 6.07) is 0. The van der Waals surface area contributed by atoms with E-state index in [0.717, 1.165) is 6.42 Å². The van der Waals surface area contributed by atoms with Gasteiger partial charge in [0.2, 0.25) is 0 Å². The van der Waals surface area contributed by atoms with Gasteiger partial charge >= 0.3 is 0 Å². The zero-order chi connectivity index (χ0) is 9.83. The van der Waals surface area contributed by atoms with Crippen molar-refractivity contribution in [1.29, 1.82) is 0 Å². The molecule has 0 N–H and O–H groups in total. The zero-order valence-electron chi connectivity index (χ0n) is 8.78. The lowest BCUT2D eigenvalue weighted by atomic mass is 9.74. The second-order valence-corrected chi connectivity index (χ2v) is 4.95. The lowest BCUT2D eigenvalue weighted by Gasteiger charge is -2.33. The van der Waals surface area contributed by atoms with Gasteiger partial charge in [-0.3, -0.25) is 0 Å². The van der Waals surface area contributed by atoms with Crippen molar-refractivity contribution >= 4 is 11.6 Å². The van der Waals surface area contributed by atoms with E-state index in [1.54, 1.807) is 0 Å². The Labute approximate surface area is 82.0 Å². The summed E-state index contributed by atoms with van der Waals surface area (Å²) in [6.45, 7) is 12.8. The summed E-state index contributed by atoms with van der Waals surface area (Å²) in [5.74, 6) is 0.667. The molecule has 0 aliphatic rings. The first-order valence-electron chi connectivity index (χ1n) is 4.59. The molecule has 72 valence electrons. The fourth-order valence-corrected chi connectivity index (χ4v) is 1.60. The molecule has 0 bridgehead atoms. The standard InChI is InChI=1S/C11H21Cl/c1-6-10(3,4)8-11(5,7-2)9-12/h7H,2,6,8-9H2,1,3-5H3. The fraction of sp³-hybridized carbons (Fsp3) is 0.818. The summed E-state index contributed by atoms with van der Waals surface area (Å²) >= 11 is 5.90. The van der Waals surface area contributed by atoms with Gasteiger partial charge in [0.05, 0.1) is 0 Å². The van der Waals surface area contributed by atoms with Crippen molar-refractivity contribution in [3.63, 3.8) is 0 Å². The molecule has 12 heavy (non-hydrogen) atoms. The van der Waals surface area contributed by atoms with Crippen LogP contribution in [0.4, 0.5) is 0 Å². The van der Waals surface area contributed by atoms with E-state index in [1.807, 2.05) is 6.08 Å². The van der Waals surface area contributed by atoms with E-state index in [1.165, 1.54) is 6.42 Å². The lowest BCUT2D eigenvalue weighted by molar-refractivity contribution is 0.232. The van der Waals surface area contributed by atoms with Crippen LogP contribution in [-0.2, 0) is 0 Å². The minimum absolute atomic E-state index is 0.0983. The van der Waals surface area contributed by atoms with Crippen LogP contribution in [0.3, 0.4) is 0 Å². The SMILES string of the molecule is C=CC(C)(CCl)CC(C)(C)CC. The van der Waals surface area contributed by atoms with Gasteiger partial charge in [-0.15, -0.1) is 18.2 Å². The molecule has 0 saturated carbocycles. The Balaban J connectivity index is 4.29. The van der Waals surface area contributed by atoms with E-state index in [9.17, 15) is 0 Å². The maximum absolute atomic E-state index is 5.90. The van der Waals surface area contributed by atoms with Crippen molar-refractivity contribution in [3.8, 4) is 0 Å². The maximum atomic E-state index is 5.90. The molecule has 1 atom stereocenters. The van der Waals surface area contributed by atoms with Crippen molar-refractivity contribution in [2.45, 2.75) is 40.5 Å². The number of hydrogen-bond donors (Lipinski definition) is 0. The second kappa shape index (κ2) is 4.32. The van der Waals surface area contributed by atoms with E-state index in [-0.39, 0.29) is 5.41 Å². The van der Waals surface area contributed by atoms with E-state index in [2.05, 4.69) is 34.3 Å². The third-order valence-electron chi connectivity index (χ3n) is 2.64. The van der Waals surface area contributed by atoms with Crippen LogP contribution in [0.5, 0.6) is 0 Å². The first-order chi connectivity index (χ1) is 5.39. The molecule has 0 aromatic heterocycles. The Morgan fingerprint density at radius 2 is 1.83 bits per heavy atom. The Morgan fingerprint density at radius 3 is 2.08 bits per heavy atom. The summed E-state index contributed by atoms with van der Waals surface area (Å²) < 4.78 is 0. The zero-order valence-corrected chi connectivity index (χ0v) is 9.54. The normalized spacial score (nSPS) is 17.1. The highest BCUT2D eigenvalue weighted by atomic mass is 35.5. The van der Waals surface area contributed by atoms with Crippen LogP contribution < -0.4 is 0 Å². The van der Waals surface area contributed by atoms with E-state index < -0.39 is 0 Å². The first-order valence-corrected chi connectivity index (χ1v) is 5.12. The Kier molecular flexibility index (Phi) is 4.33. The fourth-order valence-electron chi connectivity index (χ4n) is 1.39. The predicted octanol–water partition coefficient (Wildman–Crippen LogP) is 4.24. The molecule has 0 heterocycles. The Bertz CT molecular complexity index is 149. The average Bonchev–Trinajstić information content (AvgIpc) is 2.04. The summed E-state index contributed by atoms with van der Waals surface area (Å²) in [6.07, 6.45) is 4.29. The summed E-state index contributed by atoms with van der Waals surface area (Å²) in [4.78, 5) is 0. The Hall–Kier alpha value is 0.0300. The largest absolute Gasteiger partial charge is 0.126 e. The number of rotatable bonds is 5. The molecule has 0 radical (unpaired) electrons. The highest BCUT2D eigenvalue weighted by Gasteiger charge is 2.27. The molecule has 0 aliphatic heterocycles. The second-order valence-electron chi connectivity index (χ2n) is 4.69. The van der Waals surface area contributed by atoms with Crippen LogP contribution in [-0.4, -0.2) is 5.88 Å². The van der Waals surface area contributed by atoms with Crippen molar-refractivity contribution in [3.05, 3.63) is 12.7 Å². The highest BCUT2D eigenvalue weighted by Crippen LogP contribution is 2.37. The molecule has 0 aliphatic carbocycles. The molecular weight excluding hydrogens is 168 g/mol. The molecule has 0 nitrogen and oxygen atoms in total. The van der Waals surface area contributed by atoms with Crippen molar-refractivity contribution in [2.24, 2.45) is 10.8 Å². The molecule has 1 unspecified atom stereocenters. The van der Waals surface area contributed by atoms with Crippen LogP contribution in [0.2, 0.25) is 0 Å². The molecule has 0 amide bonds. The third-order valence-corrected chi connectivity index (χ3v) is 3.25. The molecule has 0 rings (SSSR count). The number of allylic oxidation sites excluding steroid dienone is 1. The maximum Gasteiger partial charge on any atom is 0.0312 e. The topological polar surface area (TPSA) is 0 Å². The van der Waals surface area contributed by atoms with Gasteiger partial charge in [0.25, 0.3) is 0 Å². The minimum atomic E-state index is 0.0983. The summed E-state index contributed by atoms with van der Waals surface area (Å²) in [5, 5.41) is 0. The van der Waals surface area contributed by atoms with Gasteiger partial charge in [-0.2, -0.15) is 0 Å². The summed E-state index contributed by atoms with van der Waals surface area (Å²) in [7, 11) is 0. The minimum Gasteiger partial charge on any atom is -0.126 e. The van der Waals surface area contributed by atoms with Gasteiger partial charge in [0.15, 0.2) is 0 Å². The Morgan fingerprint density at radius 1 is 1.33 bits per heavy atom. The molecule has 0 aromatic carbocycles. The van der Waals surface area contributed by atoms with Gasteiger partial charge in [-0.25, -0.2) is 0 Å². The number of alkyl halides is 1. The van der Waals surface area contributed by atoms with Crippen LogP contribution >= 0.6 is 11.6 Å². The van der Waals surface area contributed by atoms with E-state index >= 15 is 0 Å². The third kappa shape index (κ3) is 3.62. The molecule has 0 aromatic rings. The van der Waals surface area contributed by atoms with Crippen LogP contribution in [0.15, 0.2) is 12.7 Å². The lowest BCUT2D eigenvalue weighted by Crippen LogP contribution is -2.24. The van der Waals surface area contributed by atoms with E-state index in [4.69, 9.17) is 11.6 Å². The van der Waals surface area contributed by atoms with Gasteiger partial charge in [0, 0.05) is 5.88 Å². The molecule has 0 saturated heterocycles.